The van der Waals surface area contributed by atoms with Gasteiger partial charge in [-0.2, -0.15) is 0 Å². The number of benzene rings is 1. The molecule has 0 atom stereocenters. The molecule has 0 N–H and O–H groups in total. The Balaban J connectivity index is 1.41. The first-order chi connectivity index (χ1) is 14.2. The second kappa shape index (κ2) is 9.01. The minimum absolute atomic E-state index is 0.322. The van der Waals surface area contributed by atoms with Gasteiger partial charge in [0.2, 0.25) is 0 Å². The van der Waals surface area contributed by atoms with Crippen LogP contribution in [0.15, 0.2) is 54.9 Å². The Labute approximate surface area is 171 Å². The molecule has 2 aromatic heterocycles. The number of esters is 1. The third-order valence-corrected chi connectivity index (χ3v) is 5.28. The number of para-hydroxylation sites is 1. The van der Waals surface area contributed by atoms with Crippen molar-refractivity contribution in [1.82, 2.24) is 14.9 Å². The van der Waals surface area contributed by atoms with Crippen molar-refractivity contribution in [3.8, 4) is 0 Å². The zero-order chi connectivity index (χ0) is 20.1. The molecule has 1 aromatic carbocycles. The third-order valence-electron chi connectivity index (χ3n) is 5.28. The molecule has 29 heavy (non-hydrogen) atoms. The number of aromatic nitrogens is 2. The molecule has 4 rings (SSSR count). The van der Waals surface area contributed by atoms with Crippen LogP contribution < -0.4 is 4.90 Å². The number of hydrogen-bond acceptors (Lipinski definition) is 6. The molecule has 1 aliphatic heterocycles. The van der Waals surface area contributed by atoms with Crippen molar-refractivity contribution in [3.63, 3.8) is 0 Å². The van der Waals surface area contributed by atoms with Crippen molar-refractivity contribution in [2.45, 2.75) is 19.9 Å². The van der Waals surface area contributed by atoms with Crippen LogP contribution in [-0.4, -0.2) is 53.6 Å². The molecule has 0 saturated carbocycles. The van der Waals surface area contributed by atoms with Crippen LogP contribution in [0.3, 0.4) is 0 Å². The van der Waals surface area contributed by atoms with Crippen LogP contribution in [0.1, 0.15) is 29.3 Å². The number of fused-ring (bicyclic) bond motifs is 1. The average Bonchev–Trinajstić information content (AvgIpc) is 3.00. The number of hydrogen-bond donors (Lipinski definition) is 0. The molecular weight excluding hydrogens is 364 g/mol. The quantitative estimate of drug-likeness (QED) is 0.622. The van der Waals surface area contributed by atoms with E-state index in [0.717, 1.165) is 50.5 Å². The molecule has 0 aliphatic carbocycles. The zero-order valence-corrected chi connectivity index (χ0v) is 16.8. The summed E-state index contributed by atoms with van der Waals surface area (Å²) in [5.41, 5.74) is 2.86. The van der Waals surface area contributed by atoms with Crippen molar-refractivity contribution in [2.75, 3.05) is 37.7 Å². The van der Waals surface area contributed by atoms with Crippen molar-refractivity contribution < 1.29 is 9.53 Å². The van der Waals surface area contributed by atoms with Crippen LogP contribution in [0.5, 0.6) is 0 Å². The Kier molecular flexibility index (Phi) is 6.00. The fourth-order valence-corrected chi connectivity index (χ4v) is 3.80. The van der Waals surface area contributed by atoms with Crippen molar-refractivity contribution in [3.05, 3.63) is 66.0 Å². The van der Waals surface area contributed by atoms with E-state index < -0.39 is 0 Å². The molecule has 150 valence electrons. The highest BCUT2D eigenvalue weighted by molar-refractivity contribution is 5.89. The van der Waals surface area contributed by atoms with Crippen LogP contribution >= 0.6 is 0 Å². The van der Waals surface area contributed by atoms with E-state index >= 15 is 0 Å². The number of ether oxygens (including phenoxy) is 1. The summed E-state index contributed by atoms with van der Waals surface area (Å²) < 4.78 is 5.03. The minimum Gasteiger partial charge on any atom is -0.462 e. The van der Waals surface area contributed by atoms with Gasteiger partial charge in [0.15, 0.2) is 0 Å². The SMILES string of the molecule is CCOC(=O)c1ccc(N2CCCN(Cc3cccc4cccnc34)CC2)nc1. The fourth-order valence-electron chi connectivity index (χ4n) is 3.80. The topological polar surface area (TPSA) is 58.6 Å². The minimum atomic E-state index is -0.322. The van der Waals surface area contributed by atoms with E-state index in [1.54, 1.807) is 19.2 Å². The highest BCUT2D eigenvalue weighted by Crippen LogP contribution is 2.20. The average molecular weight is 390 g/mol. The summed E-state index contributed by atoms with van der Waals surface area (Å²) in [6, 6.07) is 14.2. The summed E-state index contributed by atoms with van der Waals surface area (Å²) in [5, 5.41) is 1.19. The third kappa shape index (κ3) is 4.54. The van der Waals surface area contributed by atoms with Gasteiger partial charge in [-0.3, -0.25) is 9.88 Å². The highest BCUT2D eigenvalue weighted by atomic mass is 16.5. The maximum Gasteiger partial charge on any atom is 0.339 e. The maximum atomic E-state index is 11.8. The van der Waals surface area contributed by atoms with E-state index in [-0.39, 0.29) is 5.97 Å². The lowest BCUT2D eigenvalue weighted by Gasteiger charge is -2.23. The van der Waals surface area contributed by atoms with Gasteiger partial charge in [0.05, 0.1) is 17.7 Å². The molecule has 0 amide bonds. The van der Waals surface area contributed by atoms with Gasteiger partial charge in [0, 0.05) is 50.5 Å². The van der Waals surface area contributed by atoms with Crippen molar-refractivity contribution in [2.24, 2.45) is 0 Å². The summed E-state index contributed by atoms with van der Waals surface area (Å²) in [6.07, 6.45) is 4.54. The Morgan fingerprint density at radius 3 is 2.76 bits per heavy atom. The summed E-state index contributed by atoms with van der Waals surface area (Å²) >= 11 is 0. The number of carbonyl (C=O) groups is 1. The van der Waals surface area contributed by atoms with E-state index in [0.29, 0.717) is 12.2 Å². The van der Waals surface area contributed by atoms with E-state index in [2.05, 4.69) is 44.0 Å². The van der Waals surface area contributed by atoms with Gasteiger partial charge in [-0.25, -0.2) is 9.78 Å². The number of pyridine rings is 2. The standard InChI is InChI=1S/C23H26N4O2/c1-2-29-23(28)19-9-10-21(25-16-19)27-13-5-12-26(14-15-27)17-20-7-3-6-18-8-4-11-24-22(18)20/h3-4,6-11,16H,2,5,12-15,17H2,1H3. The van der Waals surface area contributed by atoms with E-state index in [1.807, 2.05) is 18.3 Å². The zero-order valence-electron chi connectivity index (χ0n) is 16.8. The molecule has 1 saturated heterocycles. The normalized spacial score (nSPS) is 15.3. The molecule has 3 aromatic rings. The summed E-state index contributed by atoms with van der Waals surface area (Å²) in [7, 11) is 0. The number of carbonyl (C=O) groups excluding carboxylic acids is 1. The summed E-state index contributed by atoms with van der Waals surface area (Å²) in [6.45, 7) is 6.94. The molecule has 0 radical (unpaired) electrons. The lowest BCUT2D eigenvalue weighted by molar-refractivity contribution is 0.0526. The largest absolute Gasteiger partial charge is 0.462 e. The lowest BCUT2D eigenvalue weighted by Crippen LogP contribution is -2.31. The van der Waals surface area contributed by atoms with Crippen molar-refractivity contribution >= 4 is 22.7 Å². The van der Waals surface area contributed by atoms with Gasteiger partial charge < -0.3 is 9.64 Å². The number of anilines is 1. The Morgan fingerprint density at radius 1 is 1.03 bits per heavy atom. The van der Waals surface area contributed by atoms with Gasteiger partial charge in [-0.1, -0.05) is 24.3 Å². The predicted molar refractivity (Wildman–Crippen MR) is 114 cm³/mol. The second-order valence-corrected chi connectivity index (χ2v) is 7.23. The van der Waals surface area contributed by atoms with Gasteiger partial charge in [-0.15, -0.1) is 0 Å². The van der Waals surface area contributed by atoms with E-state index in [9.17, 15) is 4.79 Å². The summed E-state index contributed by atoms with van der Waals surface area (Å²) in [5.74, 6) is 0.587. The number of rotatable bonds is 5. The fraction of sp³-hybridized carbons (Fsp3) is 0.348. The van der Waals surface area contributed by atoms with Gasteiger partial charge >= 0.3 is 5.97 Å². The van der Waals surface area contributed by atoms with Crippen LogP contribution in [0.25, 0.3) is 10.9 Å². The highest BCUT2D eigenvalue weighted by Gasteiger charge is 2.18. The molecule has 0 unspecified atom stereocenters. The molecular formula is C23H26N4O2. The maximum absolute atomic E-state index is 11.8. The molecule has 0 bridgehead atoms. The van der Waals surface area contributed by atoms with Gasteiger partial charge in [-0.05, 0) is 37.1 Å². The first kappa shape index (κ1) is 19.3. The van der Waals surface area contributed by atoms with Crippen LogP contribution in [0.4, 0.5) is 5.82 Å². The van der Waals surface area contributed by atoms with Crippen LogP contribution in [0, 0.1) is 0 Å². The number of nitrogens with zero attached hydrogens (tertiary/aromatic N) is 4. The van der Waals surface area contributed by atoms with Crippen LogP contribution in [-0.2, 0) is 11.3 Å². The Hall–Kier alpha value is -2.99. The predicted octanol–water partition coefficient (Wildman–Crippen LogP) is 3.52. The first-order valence-corrected chi connectivity index (χ1v) is 10.2. The molecule has 6 nitrogen and oxygen atoms in total. The molecule has 1 fully saturated rings. The molecule has 1 aliphatic rings. The van der Waals surface area contributed by atoms with Gasteiger partial charge in [0.1, 0.15) is 5.82 Å². The monoisotopic (exact) mass is 390 g/mol. The summed E-state index contributed by atoms with van der Waals surface area (Å²) in [4.78, 5) is 25.7. The van der Waals surface area contributed by atoms with E-state index in [1.165, 1.54) is 10.9 Å². The first-order valence-electron chi connectivity index (χ1n) is 10.2. The van der Waals surface area contributed by atoms with E-state index in [4.69, 9.17) is 4.74 Å². The Bertz CT molecular complexity index is 969. The smallest absolute Gasteiger partial charge is 0.339 e. The van der Waals surface area contributed by atoms with Crippen molar-refractivity contribution in [1.29, 1.82) is 0 Å². The lowest BCUT2D eigenvalue weighted by atomic mass is 10.1. The molecule has 3 heterocycles. The van der Waals surface area contributed by atoms with Gasteiger partial charge in [0.25, 0.3) is 0 Å². The molecule has 0 spiro atoms. The Morgan fingerprint density at radius 2 is 1.93 bits per heavy atom. The molecule has 6 heteroatoms. The second-order valence-electron chi connectivity index (χ2n) is 7.23. The van der Waals surface area contributed by atoms with Crippen LogP contribution in [0.2, 0.25) is 0 Å².